The molecule has 0 aliphatic rings. The Morgan fingerprint density at radius 1 is 1.44 bits per heavy atom. The van der Waals surface area contributed by atoms with E-state index in [0.29, 0.717) is 0 Å². The first-order valence-electron chi connectivity index (χ1n) is 4.05. The zero-order chi connectivity index (χ0) is 12.2. The number of hydrogen-bond acceptors (Lipinski definition) is 2. The van der Waals surface area contributed by atoms with Gasteiger partial charge in [0, 0.05) is 6.08 Å². The van der Waals surface area contributed by atoms with Crippen molar-refractivity contribution in [1.29, 1.82) is 0 Å². The van der Waals surface area contributed by atoms with E-state index in [-0.39, 0.29) is 5.56 Å². The molecule has 3 nitrogen and oxygen atoms in total. The molecule has 0 fully saturated rings. The minimum absolute atomic E-state index is 0.254. The lowest BCUT2D eigenvalue weighted by molar-refractivity contribution is -0.274. The molecule has 0 aliphatic carbocycles. The molecule has 0 atom stereocenters. The second kappa shape index (κ2) is 4.69. The molecule has 1 N–H and O–H groups in total. The van der Waals surface area contributed by atoms with Gasteiger partial charge in [-0.3, -0.25) is 0 Å². The van der Waals surface area contributed by atoms with Crippen molar-refractivity contribution in [2.24, 2.45) is 0 Å². The average molecular weight is 231 g/mol. The maximum Gasteiger partial charge on any atom is 0.573 e. The van der Waals surface area contributed by atoms with Gasteiger partial charge in [0.2, 0.25) is 0 Å². The molecule has 85 valence electrons. The number of ether oxygens (including phenoxy) is 1. The monoisotopic (exact) mass is 231 g/mol. The van der Waals surface area contributed by atoms with Crippen LogP contribution in [0.25, 0.3) is 6.08 Å². The van der Waals surface area contributed by atoms with E-state index in [2.05, 4.69) is 10.8 Å². The Bertz CT molecular complexity index is 410. The summed E-state index contributed by atoms with van der Waals surface area (Å²) < 4.78 is 39.2. The molecule has 0 aromatic heterocycles. The molecule has 0 aliphatic heterocycles. The van der Waals surface area contributed by atoms with E-state index in [1.165, 1.54) is 6.07 Å². The number of halogens is 3. The molecule has 1 aromatic carbocycles. The molecule has 0 heterocycles. The van der Waals surface area contributed by atoms with E-state index in [0.717, 1.165) is 24.3 Å². The van der Waals surface area contributed by atoms with Gasteiger partial charge < -0.3 is 9.84 Å². The Morgan fingerprint density at radius 3 is 2.69 bits per heavy atom. The Hall–Kier alpha value is -1.98. The molecule has 0 spiro atoms. The van der Waals surface area contributed by atoms with Crippen LogP contribution >= 0.6 is 0 Å². The van der Waals surface area contributed by atoms with Crippen LogP contribution in [0.4, 0.5) is 13.2 Å². The fourth-order valence-corrected chi connectivity index (χ4v) is 0.924. The quantitative estimate of drug-likeness (QED) is 0.813. The Kier molecular flexibility index (Phi) is 3.55. The summed E-state index contributed by atoms with van der Waals surface area (Å²) in [5, 5.41) is 8.32. The number of carbonyl (C=O) groups is 1. The summed E-state index contributed by atoms with van der Waals surface area (Å²) in [7, 11) is 0. The smallest absolute Gasteiger partial charge is 0.478 e. The summed E-state index contributed by atoms with van der Waals surface area (Å²) >= 11 is 0. The van der Waals surface area contributed by atoms with Crippen molar-refractivity contribution in [2.45, 2.75) is 6.36 Å². The molecule has 1 aromatic rings. The minimum Gasteiger partial charge on any atom is -0.478 e. The topological polar surface area (TPSA) is 46.5 Å². The molecule has 16 heavy (non-hydrogen) atoms. The summed E-state index contributed by atoms with van der Waals surface area (Å²) in [6, 6.07) is 5.81. The van der Waals surface area contributed by atoms with Gasteiger partial charge in [-0.1, -0.05) is 0 Å². The SMILES string of the molecule is O=C(O)/C=C/c1c[c]cc(OC(F)(F)F)c1. The van der Waals surface area contributed by atoms with Crippen LogP contribution in [0.15, 0.2) is 24.3 Å². The first kappa shape index (κ1) is 12.1. The third-order valence-electron chi connectivity index (χ3n) is 1.44. The Balaban J connectivity index is 2.83. The highest BCUT2D eigenvalue weighted by atomic mass is 19.4. The van der Waals surface area contributed by atoms with Crippen LogP contribution in [0.3, 0.4) is 0 Å². The number of carboxylic acids is 1. The van der Waals surface area contributed by atoms with Gasteiger partial charge in [-0.2, -0.15) is 0 Å². The second-order valence-electron chi connectivity index (χ2n) is 2.72. The molecule has 0 bridgehead atoms. The van der Waals surface area contributed by atoms with Crippen molar-refractivity contribution in [3.05, 3.63) is 35.9 Å². The summed E-state index contributed by atoms with van der Waals surface area (Å²) in [5.41, 5.74) is 0.254. The maximum absolute atomic E-state index is 11.8. The highest BCUT2D eigenvalue weighted by Gasteiger charge is 2.30. The number of hydrogen-bond donors (Lipinski definition) is 1. The number of aliphatic carboxylic acids is 1. The fraction of sp³-hybridized carbons (Fsp3) is 0.100. The third-order valence-corrected chi connectivity index (χ3v) is 1.44. The van der Waals surface area contributed by atoms with E-state index in [1.807, 2.05) is 0 Å². The number of alkyl halides is 3. The van der Waals surface area contributed by atoms with Crippen LogP contribution in [0.5, 0.6) is 5.75 Å². The van der Waals surface area contributed by atoms with Gasteiger partial charge >= 0.3 is 12.3 Å². The molecule has 0 amide bonds. The Labute approximate surface area is 88.8 Å². The van der Waals surface area contributed by atoms with Crippen molar-refractivity contribution in [2.75, 3.05) is 0 Å². The summed E-state index contributed by atoms with van der Waals surface area (Å²) in [4.78, 5) is 10.2. The largest absolute Gasteiger partial charge is 0.573 e. The van der Waals surface area contributed by atoms with Gasteiger partial charge in [0.25, 0.3) is 0 Å². The summed E-state index contributed by atoms with van der Waals surface area (Å²) in [6.07, 6.45) is -2.83. The first-order valence-corrected chi connectivity index (χ1v) is 4.05. The molecule has 1 radical (unpaired) electrons. The zero-order valence-electron chi connectivity index (χ0n) is 7.78. The molecule has 6 heteroatoms. The standard InChI is InChI=1S/C10H6F3O3/c11-10(12,13)16-8-3-1-2-7(6-8)4-5-9(14)15/h2-6H,(H,14,15)/b5-4+. The highest BCUT2D eigenvalue weighted by molar-refractivity contribution is 5.85. The van der Waals surface area contributed by atoms with Crippen molar-refractivity contribution in [3.8, 4) is 5.75 Å². The maximum atomic E-state index is 11.8. The van der Waals surface area contributed by atoms with E-state index >= 15 is 0 Å². The van der Waals surface area contributed by atoms with Gasteiger partial charge in [-0.15, -0.1) is 13.2 Å². The van der Waals surface area contributed by atoms with E-state index < -0.39 is 18.1 Å². The van der Waals surface area contributed by atoms with Gasteiger partial charge in [0.1, 0.15) is 5.75 Å². The van der Waals surface area contributed by atoms with Crippen LogP contribution in [-0.2, 0) is 4.79 Å². The van der Waals surface area contributed by atoms with Crippen molar-refractivity contribution in [3.63, 3.8) is 0 Å². The van der Waals surface area contributed by atoms with E-state index in [9.17, 15) is 18.0 Å². The lowest BCUT2D eigenvalue weighted by atomic mass is 10.2. The predicted molar refractivity (Wildman–Crippen MR) is 48.6 cm³/mol. The highest BCUT2D eigenvalue weighted by Crippen LogP contribution is 2.23. The van der Waals surface area contributed by atoms with Crippen LogP contribution in [0, 0.1) is 6.07 Å². The number of carboxylic acid groups (broad SMARTS) is 1. The molecule has 0 unspecified atom stereocenters. The lowest BCUT2D eigenvalue weighted by Gasteiger charge is -2.08. The fourth-order valence-electron chi connectivity index (χ4n) is 0.924. The van der Waals surface area contributed by atoms with Gasteiger partial charge in [0.15, 0.2) is 0 Å². The van der Waals surface area contributed by atoms with Gasteiger partial charge in [0.05, 0.1) is 0 Å². The van der Waals surface area contributed by atoms with Crippen LogP contribution in [0.2, 0.25) is 0 Å². The lowest BCUT2D eigenvalue weighted by Crippen LogP contribution is -2.17. The van der Waals surface area contributed by atoms with E-state index in [4.69, 9.17) is 5.11 Å². The predicted octanol–water partition coefficient (Wildman–Crippen LogP) is 2.48. The molecular weight excluding hydrogens is 225 g/mol. The van der Waals surface area contributed by atoms with Crippen molar-refractivity contribution >= 4 is 12.0 Å². The third kappa shape index (κ3) is 4.50. The van der Waals surface area contributed by atoms with E-state index in [1.54, 1.807) is 0 Å². The summed E-state index contributed by atoms with van der Waals surface area (Å²) in [5.74, 6) is -1.64. The average Bonchev–Trinajstić information content (AvgIpc) is 2.12. The molecular formula is C10H6F3O3. The van der Waals surface area contributed by atoms with Crippen LogP contribution < -0.4 is 4.74 Å². The molecule has 0 saturated heterocycles. The molecule has 1 rings (SSSR count). The van der Waals surface area contributed by atoms with Crippen molar-refractivity contribution < 1.29 is 27.8 Å². The normalized spacial score (nSPS) is 11.7. The zero-order valence-corrected chi connectivity index (χ0v) is 7.78. The Morgan fingerprint density at radius 2 is 2.12 bits per heavy atom. The number of rotatable bonds is 3. The van der Waals surface area contributed by atoms with Gasteiger partial charge in [-0.25, -0.2) is 4.79 Å². The molecule has 0 saturated carbocycles. The van der Waals surface area contributed by atoms with Crippen LogP contribution in [-0.4, -0.2) is 17.4 Å². The van der Waals surface area contributed by atoms with Crippen molar-refractivity contribution in [1.82, 2.24) is 0 Å². The number of benzene rings is 1. The summed E-state index contributed by atoms with van der Waals surface area (Å²) in [6.45, 7) is 0. The van der Waals surface area contributed by atoms with Crippen LogP contribution in [0.1, 0.15) is 5.56 Å². The second-order valence-corrected chi connectivity index (χ2v) is 2.72. The van der Waals surface area contributed by atoms with Gasteiger partial charge in [-0.05, 0) is 35.9 Å². The minimum atomic E-state index is -4.77. The first-order chi connectivity index (χ1) is 7.37.